The molecule has 1 aromatic heterocycles. The summed E-state index contributed by atoms with van der Waals surface area (Å²) in [4.78, 5) is 14.1. The van der Waals surface area contributed by atoms with E-state index in [9.17, 15) is 0 Å². The largest absolute Gasteiger partial charge is 0.354 e. The average Bonchev–Trinajstić information content (AvgIpc) is 2.72. The molecule has 1 aliphatic heterocycles. The highest BCUT2D eigenvalue weighted by Crippen LogP contribution is 2.25. The fourth-order valence-corrected chi connectivity index (χ4v) is 4.05. The summed E-state index contributed by atoms with van der Waals surface area (Å²) in [6, 6.07) is 17.1. The van der Waals surface area contributed by atoms with Crippen molar-refractivity contribution < 1.29 is 0 Å². The van der Waals surface area contributed by atoms with Gasteiger partial charge in [0.1, 0.15) is 5.82 Å². The van der Waals surface area contributed by atoms with E-state index in [0.717, 1.165) is 44.2 Å². The first-order valence-electron chi connectivity index (χ1n) is 10.3. The lowest BCUT2D eigenvalue weighted by molar-refractivity contribution is 0.249. The van der Waals surface area contributed by atoms with E-state index >= 15 is 0 Å². The first kappa shape index (κ1) is 19.4. The average molecular weight is 388 g/mol. The molecule has 3 aromatic rings. The van der Waals surface area contributed by atoms with Crippen LogP contribution in [0.1, 0.15) is 22.3 Å². The topological polar surface area (TPSA) is 44.3 Å². The van der Waals surface area contributed by atoms with Gasteiger partial charge in [0.25, 0.3) is 0 Å². The molecule has 0 atom stereocenters. The van der Waals surface area contributed by atoms with Crippen molar-refractivity contribution in [2.45, 2.75) is 27.3 Å². The number of aromatic nitrogens is 2. The van der Waals surface area contributed by atoms with Gasteiger partial charge in [-0.25, -0.2) is 4.98 Å². The van der Waals surface area contributed by atoms with Crippen LogP contribution < -0.4 is 10.2 Å². The highest BCUT2D eigenvalue weighted by atomic mass is 15.3. The molecule has 4 rings (SSSR count). The summed E-state index contributed by atoms with van der Waals surface area (Å²) in [5.41, 5.74) is 6.17. The highest BCUT2D eigenvalue weighted by molar-refractivity contribution is 5.64. The van der Waals surface area contributed by atoms with Crippen molar-refractivity contribution in [3.63, 3.8) is 0 Å². The van der Waals surface area contributed by atoms with Gasteiger partial charge in [-0.15, -0.1) is 0 Å². The Morgan fingerprint density at radius 1 is 0.897 bits per heavy atom. The van der Waals surface area contributed by atoms with Crippen LogP contribution in [0.3, 0.4) is 0 Å². The molecule has 29 heavy (non-hydrogen) atoms. The van der Waals surface area contributed by atoms with E-state index in [2.05, 4.69) is 83.3 Å². The third kappa shape index (κ3) is 4.74. The lowest BCUT2D eigenvalue weighted by Gasteiger charge is -2.35. The second kappa shape index (κ2) is 8.62. The minimum atomic E-state index is 0.657. The third-order valence-electron chi connectivity index (χ3n) is 5.50. The molecule has 1 fully saturated rings. The number of hydrogen-bond acceptors (Lipinski definition) is 5. The van der Waals surface area contributed by atoms with Crippen molar-refractivity contribution in [1.29, 1.82) is 0 Å². The standard InChI is InChI=1S/C24H29N5/c1-18-15-19(2)23(20(3)16-18)27-24-25-10-9-22(26-24)29-13-11-28(12-14-29)17-21-7-5-4-6-8-21/h4-10,15-16H,11-14,17H2,1-3H3,(H,25,26,27). The Hall–Kier alpha value is -2.92. The normalized spacial score (nSPS) is 14.8. The molecule has 5 nitrogen and oxygen atoms in total. The molecule has 5 heteroatoms. The predicted molar refractivity (Wildman–Crippen MR) is 120 cm³/mol. The summed E-state index contributed by atoms with van der Waals surface area (Å²) >= 11 is 0. The summed E-state index contributed by atoms with van der Waals surface area (Å²) < 4.78 is 0. The molecule has 0 spiro atoms. The van der Waals surface area contributed by atoms with Gasteiger partial charge in [-0.1, -0.05) is 48.0 Å². The van der Waals surface area contributed by atoms with Gasteiger partial charge in [0.15, 0.2) is 0 Å². The van der Waals surface area contributed by atoms with E-state index in [1.807, 2.05) is 12.3 Å². The number of benzene rings is 2. The smallest absolute Gasteiger partial charge is 0.229 e. The Balaban J connectivity index is 1.41. The molecule has 0 radical (unpaired) electrons. The number of rotatable bonds is 5. The first-order chi connectivity index (χ1) is 14.1. The van der Waals surface area contributed by atoms with Gasteiger partial charge in [-0.05, 0) is 43.5 Å². The zero-order chi connectivity index (χ0) is 20.2. The summed E-state index contributed by atoms with van der Waals surface area (Å²) in [6.45, 7) is 11.4. The van der Waals surface area contributed by atoms with Crippen LogP contribution in [0, 0.1) is 20.8 Å². The molecule has 2 aromatic carbocycles. The molecule has 0 aliphatic carbocycles. The molecule has 2 heterocycles. The summed E-state index contributed by atoms with van der Waals surface area (Å²) in [6.07, 6.45) is 1.85. The van der Waals surface area contributed by atoms with E-state index in [1.54, 1.807) is 0 Å². The molecule has 150 valence electrons. The molecule has 0 saturated carbocycles. The van der Waals surface area contributed by atoms with Crippen LogP contribution in [0.25, 0.3) is 0 Å². The summed E-state index contributed by atoms with van der Waals surface area (Å²) in [7, 11) is 0. The lowest BCUT2D eigenvalue weighted by atomic mass is 10.1. The molecular weight excluding hydrogens is 358 g/mol. The predicted octanol–water partition coefficient (Wildman–Crippen LogP) is 4.47. The maximum atomic E-state index is 4.79. The van der Waals surface area contributed by atoms with Crippen LogP contribution in [-0.2, 0) is 6.54 Å². The summed E-state index contributed by atoms with van der Waals surface area (Å²) in [5.74, 6) is 1.65. The van der Waals surface area contributed by atoms with Crippen molar-refractivity contribution in [3.05, 3.63) is 77.0 Å². The van der Waals surface area contributed by atoms with Crippen molar-refractivity contribution in [3.8, 4) is 0 Å². The van der Waals surface area contributed by atoms with Crippen molar-refractivity contribution in [1.82, 2.24) is 14.9 Å². The Morgan fingerprint density at radius 3 is 2.28 bits per heavy atom. The van der Waals surface area contributed by atoms with Crippen LogP contribution in [0.4, 0.5) is 17.5 Å². The van der Waals surface area contributed by atoms with Gasteiger partial charge in [-0.3, -0.25) is 4.90 Å². The Morgan fingerprint density at radius 2 is 1.59 bits per heavy atom. The van der Waals surface area contributed by atoms with E-state index in [0.29, 0.717) is 5.95 Å². The van der Waals surface area contributed by atoms with Crippen LogP contribution in [0.15, 0.2) is 54.7 Å². The number of piperazine rings is 1. The maximum Gasteiger partial charge on any atom is 0.229 e. The van der Waals surface area contributed by atoms with Gasteiger partial charge in [0, 0.05) is 44.6 Å². The number of nitrogens with zero attached hydrogens (tertiary/aromatic N) is 4. The quantitative estimate of drug-likeness (QED) is 0.700. The summed E-state index contributed by atoms with van der Waals surface area (Å²) in [5, 5.41) is 3.43. The number of anilines is 3. The molecule has 0 amide bonds. The zero-order valence-electron chi connectivity index (χ0n) is 17.5. The minimum absolute atomic E-state index is 0.657. The Labute approximate surface area is 173 Å². The van der Waals surface area contributed by atoms with Gasteiger partial charge in [-0.2, -0.15) is 4.98 Å². The van der Waals surface area contributed by atoms with Crippen LogP contribution in [-0.4, -0.2) is 41.0 Å². The van der Waals surface area contributed by atoms with E-state index < -0.39 is 0 Å². The molecule has 1 N–H and O–H groups in total. The number of aryl methyl sites for hydroxylation is 3. The van der Waals surface area contributed by atoms with Crippen LogP contribution in [0.2, 0.25) is 0 Å². The van der Waals surface area contributed by atoms with Gasteiger partial charge in [0.05, 0.1) is 0 Å². The molecule has 1 saturated heterocycles. The Bertz CT molecular complexity index is 939. The monoisotopic (exact) mass is 387 g/mol. The van der Waals surface area contributed by atoms with E-state index in [1.165, 1.54) is 22.3 Å². The lowest BCUT2D eigenvalue weighted by Crippen LogP contribution is -2.46. The van der Waals surface area contributed by atoms with Crippen molar-refractivity contribution >= 4 is 17.5 Å². The molecule has 1 aliphatic rings. The zero-order valence-corrected chi connectivity index (χ0v) is 17.5. The van der Waals surface area contributed by atoms with Crippen LogP contribution in [0.5, 0.6) is 0 Å². The number of hydrogen-bond donors (Lipinski definition) is 1. The fourth-order valence-electron chi connectivity index (χ4n) is 4.05. The maximum absolute atomic E-state index is 4.79. The second-order valence-electron chi connectivity index (χ2n) is 7.89. The second-order valence-corrected chi connectivity index (χ2v) is 7.89. The first-order valence-corrected chi connectivity index (χ1v) is 10.3. The number of nitrogens with one attached hydrogen (secondary N) is 1. The van der Waals surface area contributed by atoms with E-state index in [-0.39, 0.29) is 0 Å². The van der Waals surface area contributed by atoms with Gasteiger partial charge >= 0.3 is 0 Å². The molecule has 0 bridgehead atoms. The SMILES string of the molecule is Cc1cc(C)c(Nc2nccc(N3CCN(Cc4ccccc4)CC3)n2)c(C)c1. The van der Waals surface area contributed by atoms with E-state index in [4.69, 9.17) is 4.98 Å². The van der Waals surface area contributed by atoms with Crippen molar-refractivity contribution in [2.75, 3.05) is 36.4 Å². The minimum Gasteiger partial charge on any atom is -0.354 e. The van der Waals surface area contributed by atoms with Crippen molar-refractivity contribution in [2.24, 2.45) is 0 Å². The third-order valence-corrected chi connectivity index (χ3v) is 5.50. The van der Waals surface area contributed by atoms with Crippen LogP contribution >= 0.6 is 0 Å². The molecule has 0 unspecified atom stereocenters. The van der Waals surface area contributed by atoms with Gasteiger partial charge in [0.2, 0.25) is 5.95 Å². The van der Waals surface area contributed by atoms with Gasteiger partial charge < -0.3 is 10.2 Å². The highest BCUT2D eigenvalue weighted by Gasteiger charge is 2.18. The molecular formula is C24H29N5. The Kier molecular flexibility index (Phi) is 5.76. The fraction of sp³-hybridized carbons (Fsp3) is 0.333.